The zero-order valence-electron chi connectivity index (χ0n) is 11.6. The lowest BCUT2D eigenvalue weighted by molar-refractivity contribution is 0.291. The summed E-state index contributed by atoms with van der Waals surface area (Å²) in [5.74, 6) is 1.74. The molecule has 18 heavy (non-hydrogen) atoms. The average Bonchev–Trinajstić information content (AvgIpc) is 2.78. The zero-order chi connectivity index (χ0) is 13.1. The molecule has 0 spiro atoms. The van der Waals surface area contributed by atoms with Crippen LogP contribution in [0, 0.1) is 11.8 Å². The molecule has 0 saturated heterocycles. The second-order valence-electron chi connectivity index (χ2n) is 5.56. The first-order valence-electron chi connectivity index (χ1n) is 6.59. The van der Waals surface area contributed by atoms with E-state index in [2.05, 4.69) is 42.9 Å². The van der Waals surface area contributed by atoms with Gasteiger partial charge in [0.1, 0.15) is 6.61 Å². The Morgan fingerprint density at radius 1 is 1.33 bits per heavy atom. The number of hydrogen-bond acceptors (Lipinski definition) is 4. The first-order valence-corrected chi connectivity index (χ1v) is 6.59. The summed E-state index contributed by atoms with van der Waals surface area (Å²) in [5, 5.41) is 8.16. The second kappa shape index (κ2) is 5.46. The maximum atomic E-state index is 5.68. The predicted octanol–water partition coefficient (Wildman–Crippen LogP) is 2.48. The Bertz CT molecular complexity index is 440. The SMILES string of the molecule is CC(C)Cc1ccnnc1C1=N[C@@H](C(C)C)CO1. The van der Waals surface area contributed by atoms with Gasteiger partial charge in [0.25, 0.3) is 0 Å². The van der Waals surface area contributed by atoms with Crippen LogP contribution in [0.3, 0.4) is 0 Å². The molecule has 4 nitrogen and oxygen atoms in total. The first kappa shape index (κ1) is 13.0. The number of aliphatic imine (C=N–C) groups is 1. The molecule has 2 heterocycles. The van der Waals surface area contributed by atoms with Crippen LogP contribution in [-0.2, 0) is 11.2 Å². The van der Waals surface area contributed by atoms with E-state index < -0.39 is 0 Å². The molecule has 98 valence electrons. The number of nitrogens with zero attached hydrogens (tertiary/aromatic N) is 3. The van der Waals surface area contributed by atoms with Crippen LogP contribution in [-0.4, -0.2) is 28.7 Å². The largest absolute Gasteiger partial charge is 0.474 e. The van der Waals surface area contributed by atoms with E-state index in [-0.39, 0.29) is 6.04 Å². The highest BCUT2D eigenvalue weighted by molar-refractivity contribution is 5.94. The summed E-state index contributed by atoms with van der Waals surface area (Å²) < 4.78 is 5.68. The van der Waals surface area contributed by atoms with E-state index in [9.17, 15) is 0 Å². The Hall–Kier alpha value is -1.45. The van der Waals surface area contributed by atoms with Crippen molar-refractivity contribution in [2.75, 3.05) is 6.61 Å². The van der Waals surface area contributed by atoms with Gasteiger partial charge in [-0.15, -0.1) is 5.10 Å². The number of hydrogen-bond donors (Lipinski definition) is 0. The molecular formula is C14H21N3O. The third-order valence-electron chi connectivity index (χ3n) is 3.08. The minimum Gasteiger partial charge on any atom is -0.474 e. The Morgan fingerprint density at radius 3 is 2.72 bits per heavy atom. The molecule has 0 unspecified atom stereocenters. The lowest BCUT2D eigenvalue weighted by Crippen LogP contribution is -2.13. The van der Waals surface area contributed by atoms with Gasteiger partial charge in [0.15, 0.2) is 5.69 Å². The molecule has 1 atom stereocenters. The fourth-order valence-electron chi connectivity index (χ4n) is 2.00. The monoisotopic (exact) mass is 247 g/mol. The summed E-state index contributed by atoms with van der Waals surface area (Å²) in [4.78, 5) is 4.62. The average molecular weight is 247 g/mol. The highest BCUT2D eigenvalue weighted by Gasteiger charge is 2.25. The molecule has 1 aliphatic rings. The van der Waals surface area contributed by atoms with E-state index in [1.54, 1.807) is 6.20 Å². The van der Waals surface area contributed by atoms with Crippen molar-refractivity contribution in [1.29, 1.82) is 0 Å². The fraction of sp³-hybridized carbons (Fsp3) is 0.643. The summed E-state index contributed by atoms with van der Waals surface area (Å²) in [7, 11) is 0. The van der Waals surface area contributed by atoms with Crippen LogP contribution in [0.15, 0.2) is 17.3 Å². The van der Waals surface area contributed by atoms with E-state index in [0.29, 0.717) is 24.3 Å². The summed E-state index contributed by atoms with van der Waals surface area (Å²) in [6.45, 7) is 9.36. The molecule has 0 N–H and O–H groups in total. The van der Waals surface area contributed by atoms with Crippen molar-refractivity contribution in [3.8, 4) is 0 Å². The zero-order valence-corrected chi connectivity index (χ0v) is 11.6. The summed E-state index contributed by atoms with van der Waals surface area (Å²) in [5.41, 5.74) is 1.98. The highest BCUT2D eigenvalue weighted by Crippen LogP contribution is 2.19. The van der Waals surface area contributed by atoms with Crippen molar-refractivity contribution >= 4 is 5.90 Å². The van der Waals surface area contributed by atoms with E-state index >= 15 is 0 Å². The van der Waals surface area contributed by atoms with Crippen LogP contribution >= 0.6 is 0 Å². The number of ether oxygens (including phenoxy) is 1. The van der Waals surface area contributed by atoms with Gasteiger partial charge in [-0.05, 0) is 29.9 Å². The minimum atomic E-state index is 0.244. The van der Waals surface area contributed by atoms with Gasteiger partial charge >= 0.3 is 0 Å². The lowest BCUT2D eigenvalue weighted by Gasteiger charge is -2.08. The molecular weight excluding hydrogens is 226 g/mol. The Labute approximate surface area is 108 Å². The molecule has 1 aliphatic heterocycles. The second-order valence-corrected chi connectivity index (χ2v) is 5.56. The van der Waals surface area contributed by atoms with Crippen molar-refractivity contribution < 1.29 is 4.74 Å². The Kier molecular flexibility index (Phi) is 3.94. The molecule has 0 aromatic carbocycles. The predicted molar refractivity (Wildman–Crippen MR) is 71.7 cm³/mol. The molecule has 1 aromatic heterocycles. The summed E-state index contributed by atoms with van der Waals surface area (Å²) in [6, 6.07) is 2.26. The van der Waals surface area contributed by atoms with Crippen molar-refractivity contribution in [2.24, 2.45) is 16.8 Å². The van der Waals surface area contributed by atoms with E-state index in [1.165, 1.54) is 5.56 Å². The summed E-state index contributed by atoms with van der Waals surface area (Å²) >= 11 is 0. The molecule has 1 aromatic rings. The van der Waals surface area contributed by atoms with Crippen molar-refractivity contribution in [2.45, 2.75) is 40.2 Å². The van der Waals surface area contributed by atoms with Gasteiger partial charge < -0.3 is 4.74 Å². The van der Waals surface area contributed by atoms with Gasteiger partial charge in [-0.1, -0.05) is 27.7 Å². The third kappa shape index (κ3) is 2.86. The van der Waals surface area contributed by atoms with Crippen molar-refractivity contribution in [1.82, 2.24) is 10.2 Å². The molecule has 0 fully saturated rings. The number of aromatic nitrogens is 2. The highest BCUT2D eigenvalue weighted by atomic mass is 16.5. The van der Waals surface area contributed by atoms with Crippen LogP contribution in [0.1, 0.15) is 39.0 Å². The third-order valence-corrected chi connectivity index (χ3v) is 3.08. The topological polar surface area (TPSA) is 47.4 Å². The molecule has 0 aliphatic carbocycles. The van der Waals surface area contributed by atoms with Gasteiger partial charge in [0.05, 0.1) is 6.04 Å². The normalized spacial score (nSPS) is 19.2. The van der Waals surface area contributed by atoms with Crippen LogP contribution < -0.4 is 0 Å². The van der Waals surface area contributed by atoms with Gasteiger partial charge in [0, 0.05) is 6.20 Å². The van der Waals surface area contributed by atoms with Gasteiger partial charge in [-0.3, -0.25) is 0 Å². The van der Waals surface area contributed by atoms with Crippen molar-refractivity contribution in [3.05, 3.63) is 23.5 Å². The number of rotatable bonds is 4. The Morgan fingerprint density at radius 2 is 2.11 bits per heavy atom. The van der Waals surface area contributed by atoms with Crippen molar-refractivity contribution in [3.63, 3.8) is 0 Å². The minimum absolute atomic E-state index is 0.244. The lowest BCUT2D eigenvalue weighted by atomic mass is 10.0. The van der Waals surface area contributed by atoms with E-state index in [1.807, 2.05) is 6.07 Å². The molecule has 2 rings (SSSR count). The smallest absolute Gasteiger partial charge is 0.238 e. The molecule has 0 radical (unpaired) electrons. The van der Waals surface area contributed by atoms with Crippen LogP contribution in [0.2, 0.25) is 0 Å². The molecule has 0 saturated carbocycles. The maximum Gasteiger partial charge on any atom is 0.238 e. The summed E-state index contributed by atoms with van der Waals surface area (Å²) in [6.07, 6.45) is 2.70. The maximum absolute atomic E-state index is 5.68. The standard InChI is InChI=1S/C14H21N3O/c1-9(2)7-11-5-6-15-17-13(11)14-16-12(8-18-14)10(3)4/h5-6,9-10,12H,7-8H2,1-4H3/t12-/m1/s1. The molecule has 0 amide bonds. The van der Waals surface area contributed by atoms with Crippen LogP contribution in [0.25, 0.3) is 0 Å². The van der Waals surface area contributed by atoms with E-state index in [4.69, 9.17) is 4.74 Å². The first-order chi connectivity index (χ1) is 8.58. The molecule has 4 heteroatoms. The fourth-order valence-corrected chi connectivity index (χ4v) is 2.00. The van der Waals surface area contributed by atoms with Gasteiger partial charge in [-0.25, -0.2) is 4.99 Å². The Balaban J connectivity index is 2.26. The molecule has 0 bridgehead atoms. The van der Waals surface area contributed by atoms with Gasteiger partial charge in [0.2, 0.25) is 5.90 Å². The van der Waals surface area contributed by atoms with E-state index in [0.717, 1.165) is 12.1 Å². The van der Waals surface area contributed by atoms with Crippen LogP contribution in [0.5, 0.6) is 0 Å². The van der Waals surface area contributed by atoms with Crippen LogP contribution in [0.4, 0.5) is 0 Å². The quantitative estimate of drug-likeness (QED) is 0.821. The van der Waals surface area contributed by atoms with Gasteiger partial charge in [-0.2, -0.15) is 5.10 Å².